The van der Waals surface area contributed by atoms with Crippen molar-refractivity contribution >= 4 is 0 Å². The first-order valence-electron chi connectivity index (χ1n) is 6.63. The van der Waals surface area contributed by atoms with Crippen LogP contribution in [0.15, 0.2) is 6.20 Å². The Morgan fingerprint density at radius 1 is 1.67 bits per heavy atom. The van der Waals surface area contributed by atoms with Crippen molar-refractivity contribution < 1.29 is 9.84 Å². The number of hydrogen-bond acceptors (Lipinski definition) is 4. The summed E-state index contributed by atoms with van der Waals surface area (Å²) in [5.41, 5.74) is 2.67. The fraction of sp³-hybridized carbons (Fsp3) is 0.769. The van der Waals surface area contributed by atoms with Crippen LogP contribution < -0.4 is 5.32 Å². The van der Waals surface area contributed by atoms with Crippen LogP contribution in [-0.2, 0) is 18.2 Å². The van der Waals surface area contributed by atoms with Crippen LogP contribution in [0.3, 0.4) is 0 Å². The topological polar surface area (TPSA) is 59.3 Å². The lowest BCUT2D eigenvalue weighted by molar-refractivity contribution is 0.0588. The molecule has 1 aromatic heterocycles. The Morgan fingerprint density at radius 3 is 3.28 bits per heavy atom. The molecule has 2 rings (SSSR count). The van der Waals surface area contributed by atoms with Gasteiger partial charge in [-0.05, 0) is 32.2 Å². The van der Waals surface area contributed by atoms with E-state index in [2.05, 4.69) is 10.4 Å². The molecule has 2 unspecified atom stereocenters. The van der Waals surface area contributed by atoms with Crippen LogP contribution in [0, 0.1) is 0 Å². The summed E-state index contributed by atoms with van der Waals surface area (Å²) in [5, 5.41) is 17.4. The van der Waals surface area contributed by atoms with Gasteiger partial charge in [0.1, 0.15) is 0 Å². The van der Waals surface area contributed by atoms with Crippen LogP contribution in [0.2, 0.25) is 0 Å². The number of aromatic nitrogens is 2. The first kappa shape index (κ1) is 13.5. The first-order valence-corrected chi connectivity index (χ1v) is 6.63. The Morgan fingerprint density at radius 2 is 2.50 bits per heavy atom. The fourth-order valence-electron chi connectivity index (χ4n) is 2.62. The summed E-state index contributed by atoms with van der Waals surface area (Å²) in [6, 6.07) is 0.386. The Balaban J connectivity index is 1.84. The monoisotopic (exact) mass is 253 g/mol. The van der Waals surface area contributed by atoms with Crippen LogP contribution in [0.25, 0.3) is 0 Å². The van der Waals surface area contributed by atoms with Crippen LogP contribution in [0.5, 0.6) is 0 Å². The number of aliphatic hydroxyl groups excluding tert-OH is 1. The number of nitrogens with zero attached hydrogens (tertiary/aromatic N) is 2. The highest BCUT2D eigenvalue weighted by Gasteiger charge is 2.22. The average molecular weight is 253 g/mol. The summed E-state index contributed by atoms with van der Waals surface area (Å²) >= 11 is 0. The molecule has 0 bridgehead atoms. The third-order valence-corrected chi connectivity index (χ3v) is 3.60. The lowest BCUT2D eigenvalue weighted by Crippen LogP contribution is -2.29. The molecule has 1 aliphatic carbocycles. The summed E-state index contributed by atoms with van der Waals surface area (Å²) in [5.74, 6) is 0. The normalized spacial score (nSPS) is 20.7. The van der Waals surface area contributed by atoms with Gasteiger partial charge in [0.15, 0.2) is 0 Å². The van der Waals surface area contributed by atoms with Gasteiger partial charge in [-0.3, -0.25) is 4.68 Å². The van der Waals surface area contributed by atoms with Crippen molar-refractivity contribution in [2.75, 3.05) is 20.3 Å². The molecule has 0 aromatic carbocycles. The van der Waals surface area contributed by atoms with E-state index in [0.717, 1.165) is 25.8 Å². The van der Waals surface area contributed by atoms with E-state index in [1.807, 2.05) is 17.9 Å². The van der Waals surface area contributed by atoms with E-state index in [1.54, 1.807) is 7.11 Å². The number of hydrogen-bond donors (Lipinski definition) is 2. The lowest BCUT2D eigenvalue weighted by atomic mass is 9.93. The quantitative estimate of drug-likeness (QED) is 0.787. The van der Waals surface area contributed by atoms with E-state index in [0.29, 0.717) is 12.6 Å². The number of methoxy groups -OCH3 is 1. The van der Waals surface area contributed by atoms with Crippen molar-refractivity contribution in [1.29, 1.82) is 0 Å². The Bertz CT molecular complexity index is 378. The van der Waals surface area contributed by atoms with Crippen LogP contribution in [0.4, 0.5) is 0 Å². The van der Waals surface area contributed by atoms with Gasteiger partial charge in [0.05, 0.1) is 18.9 Å². The van der Waals surface area contributed by atoms with Gasteiger partial charge in [0, 0.05) is 31.5 Å². The van der Waals surface area contributed by atoms with E-state index in [1.165, 1.54) is 17.7 Å². The molecule has 0 spiro atoms. The molecule has 5 nitrogen and oxygen atoms in total. The highest BCUT2D eigenvalue weighted by atomic mass is 16.5. The van der Waals surface area contributed by atoms with Gasteiger partial charge in [0.2, 0.25) is 0 Å². The van der Waals surface area contributed by atoms with E-state index < -0.39 is 0 Å². The summed E-state index contributed by atoms with van der Waals surface area (Å²) < 4.78 is 6.89. The maximum Gasteiger partial charge on any atom is 0.0785 e. The second-order valence-corrected chi connectivity index (χ2v) is 4.97. The number of rotatable bonds is 6. The highest BCUT2D eigenvalue weighted by molar-refractivity contribution is 5.24. The van der Waals surface area contributed by atoms with E-state index >= 15 is 0 Å². The minimum atomic E-state index is -0.376. The predicted octanol–water partition coefficient (Wildman–Crippen LogP) is 0.784. The summed E-state index contributed by atoms with van der Waals surface area (Å²) in [7, 11) is 3.61. The molecular weight excluding hydrogens is 230 g/mol. The molecule has 0 fully saturated rings. The highest BCUT2D eigenvalue weighted by Crippen LogP contribution is 2.28. The van der Waals surface area contributed by atoms with Gasteiger partial charge in [-0.15, -0.1) is 0 Å². The predicted molar refractivity (Wildman–Crippen MR) is 69.4 cm³/mol. The third-order valence-electron chi connectivity index (χ3n) is 3.60. The molecule has 18 heavy (non-hydrogen) atoms. The number of aryl methyl sites for hydroxylation is 1. The molecule has 5 heteroatoms. The maximum absolute atomic E-state index is 9.60. The summed E-state index contributed by atoms with van der Waals surface area (Å²) in [6.45, 7) is 1.22. The standard InChI is InChI=1S/C13H23N3O2/c1-16-13-5-3-4-12(11(13)8-15-16)14-7-6-10(17)9-18-2/h8,10,12,14,17H,3-7,9H2,1-2H3. The Kier molecular flexibility index (Phi) is 4.74. The van der Waals surface area contributed by atoms with Crippen molar-refractivity contribution in [3.05, 3.63) is 17.5 Å². The van der Waals surface area contributed by atoms with Crippen molar-refractivity contribution in [2.45, 2.75) is 37.8 Å². The molecule has 1 aromatic rings. The fourth-order valence-corrected chi connectivity index (χ4v) is 2.62. The van der Waals surface area contributed by atoms with Crippen molar-refractivity contribution in [1.82, 2.24) is 15.1 Å². The summed E-state index contributed by atoms with van der Waals surface area (Å²) in [4.78, 5) is 0. The molecule has 0 amide bonds. The van der Waals surface area contributed by atoms with Gasteiger partial charge in [-0.25, -0.2) is 0 Å². The van der Waals surface area contributed by atoms with E-state index in [9.17, 15) is 5.11 Å². The van der Waals surface area contributed by atoms with Gasteiger partial charge < -0.3 is 15.2 Å². The zero-order valence-corrected chi connectivity index (χ0v) is 11.2. The van der Waals surface area contributed by atoms with E-state index in [4.69, 9.17) is 4.74 Å². The SMILES string of the molecule is COCC(O)CCNC1CCCc2c1cnn2C. The summed E-state index contributed by atoms with van der Waals surface area (Å²) in [6.07, 6.45) is 5.79. The Hall–Kier alpha value is -0.910. The van der Waals surface area contributed by atoms with Crippen LogP contribution in [-0.4, -0.2) is 41.3 Å². The minimum absolute atomic E-state index is 0.376. The number of ether oxygens (including phenoxy) is 1. The molecular formula is C13H23N3O2. The Labute approximate surface area is 108 Å². The molecule has 0 saturated heterocycles. The van der Waals surface area contributed by atoms with Crippen LogP contribution in [0.1, 0.15) is 36.6 Å². The maximum atomic E-state index is 9.60. The second-order valence-electron chi connectivity index (χ2n) is 4.97. The molecule has 1 aliphatic rings. The molecule has 2 atom stereocenters. The smallest absolute Gasteiger partial charge is 0.0785 e. The van der Waals surface area contributed by atoms with Gasteiger partial charge >= 0.3 is 0 Å². The zero-order chi connectivity index (χ0) is 13.0. The minimum Gasteiger partial charge on any atom is -0.391 e. The molecule has 0 saturated carbocycles. The number of fused-ring (bicyclic) bond motifs is 1. The largest absolute Gasteiger partial charge is 0.391 e. The van der Waals surface area contributed by atoms with Crippen LogP contribution >= 0.6 is 0 Å². The number of aliphatic hydroxyl groups is 1. The average Bonchev–Trinajstić information content (AvgIpc) is 2.73. The van der Waals surface area contributed by atoms with Crippen molar-refractivity contribution in [3.8, 4) is 0 Å². The van der Waals surface area contributed by atoms with Gasteiger partial charge in [-0.2, -0.15) is 5.10 Å². The molecule has 0 aliphatic heterocycles. The van der Waals surface area contributed by atoms with E-state index in [-0.39, 0.29) is 6.10 Å². The first-order chi connectivity index (χ1) is 8.72. The second kappa shape index (κ2) is 6.31. The van der Waals surface area contributed by atoms with Gasteiger partial charge in [0.25, 0.3) is 0 Å². The number of nitrogens with one attached hydrogen (secondary N) is 1. The lowest BCUT2D eigenvalue weighted by Gasteiger charge is -2.24. The molecule has 2 N–H and O–H groups in total. The third kappa shape index (κ3) is 3.10. The molecule has 1 heterocycles. The molecule has 102 valence electrons. The van der Waals surface area contributed by atoms with Crippen molar-refractivity contribution in [3.63, 3.8) is 0 Å². The zero-order valence-electron chi connectivity index (χ0n) is 11.2. The van der Waals surface area contributed by atoms with Crippen molar-refractivity contribution in [2.24, 2.45) is 7.05 Å². The molecule has 0 radical (unpaired) electrons. The van der Waals surface area contributed by atoms with Gasteiger partial charge in [-0.1, -0.05) is 0 Å².